The van der Waals surface area contributed by atoms with Crippen molar-refractivity contribution in [2.24, 2.45) is 0 Å². The van der Waals surface area contributed by atoms with Gasteiger partial charge in [0.25, 0.3) is 0 Å². The van der Waals surface area contributed by atoms with E-state index in [-0.39, 0.29) is 11.9 Å². The number of nitrogens with zero attached hydrogens (tertiary/aromatic N) is 1. The van der Waals surface area contributed by atoms with Gasteiger partial charge in [0.2, 0.25) is 0 Å². The highest BCUT2D eigenvalue weighted by molar-refractivity contribution is 5.18. The summed E-state index contributed by atoms with van der Waals surface area (Å²) < 4.78 is 20.8. The molecule has 0 saturated carbocycles. The SMILES string of the molecule is C=CCC[C@H](O)C[NH+](CCCOC)Cc1cccn1Cc1cccc(F)c1. The van der Waals surface area contributed by atoms with E-state index in [4.69, 9.17) is 4.74 Å². The monoisotopic (exact) mass is 375 g/mol. The number of ether oxygens (including phenoxy) is 1. The smallest absolute Gasteiger partial charge is 0.123 e. The summed E-state index contributed by atoms with van der Waals surface area (Å²) in [6, 6.07) is 10.8. The first-order chi connectivity index (χ1) is 13.1. The van der Waals surface area contributed by atoms with E-state index >= 15 is 0 Å². The number of aliphatic hydroxyl groups excluding tert-OH is 1. The Morgan fingerprint density at radius 3 is 2.93 bits per heavy atom. The Labute approximate surface area is 161 Å². The van der Waals surface area contributed by atoms with Crippen LogP contribution in [0.5, 0.6) is 0 Å². The molecule has 2 atom stereocenters. The summed E-state index contributed by atoms with van der Waals surface area (Å²) in [5, 5.41) is 10.3. The van der Waals surface area contributed by atoms with Crippen LogP contribution in [0.25, 0.3) is 0 Å². The quantitative estimate of drug-likeness (QED) is 0.417. The largest absolute Gasteiger partial charge is 0.387 e. The minimum Gasteiger partial charge on any atom is -0.387 e. The second-order valence-corrected chi connectivity index (χ2v) is 7.00. The maximum absolute atomic E-state index is 13.5. The molecule has 2 rings (SSSR count). The number of aromatic nitrogens is 1. The lowest BCUT2D eigenvalue weighted by atomic mass is 10.1. The summed E-state index contributed by atoms with van der Waals surface area (Å²) in [5.74, 6) is -0.210. The van der Waals surface area contributed by atoms with Gasteiger partial charge in [0, 0.05) is 26.3 Å². The zero-order valence-corrected chi connectivity index (χ0v) is 16.2. The number of halogens is 1. The van der Waals surface area contributed by atoms with Crippen molar-refractivity contribution in [1.29, 1.82) is 0 Å². The lowest BCUT2D eigenvalue weighted by molar-refractivity contribution is -0.917. The number of aliphatic hydroxyl groups is 1. The number of benzene rings is 1. The standard InChI is InChI=1S/C22H31FN2O2/c1-3-4-11-22(26)18-24(12-7-14-27-2)17-21-10-6-13-25(21)16-19-8-5-9-20(23)15-19/h3,5-6,8-10,13,15,22,26H,1,4,7,11-12,14,16-18H2,2H3/p+1/t22-/m0/s1. The molecule has 0 aliphatic rings. The Bertz CT molecular complexity index is 686. The number of rotatable bonds is 13. The molecule has 1 unspecified atom stereocenters. The molecule has 148 valence electrons. The molecule has 1 aromatic carbocycles. The van der Waals surface area contributed by atoms with Gasteiger partial charge in [0.15, 0.2) is 0 Å². The van der Waals surface area contributed by atoms with Crippen molar-refractivity contribution in [1.82, 2.24) is 4.57 Å². The van der Waals surface area contributed by atoms with Crippen LogP contribution < -0.4 is 4.90 Å². The molecule has 2 aromatic rings. The van der Waals surface area contributed by atoms with Crippen LogP contribution in [0, 0.1) is 5.82 Å². The van der Waals surface area contributed by atoms with E-state index in [9.17, 15) is 9.50 Å². The summed E-state index contributed by atoms with van der Waals surface area (Å²) in [6.07, 6.45) is 6.04. The zero-order chi connectivity index (χ0) is 19.5. The fraction of sp³-hybridized carbons (Fsp3) is 0.455. The average molecular weight is 376 g/mol. The van der Waals surface area contributed by atoms with Gasteiger partial charge in [-0.1, -0.05) is 18.2 Å². The Morgan fingerprint density at radius 2 is 2.19 bits per heavy atom. The van der Waals surface area contributed by atoms with E-state index in [0.29, 0.717) is 13.1 Å². The molecule has 1 aromatic heterocycles. The molecule has 4 nitrogen and oxygen atoms in total. The maximum atomic E-state index is 13.5. The molecule has 5 heteroatoms. The average Bonchev–Trinajstić information content (AvgIpc) is 3.06. The Morgan fingerprint density at radius 1 is 1.33 bits per heavy atom. The molecule has 27 heavy (non-hydrogen) atoms. The van der Waals surface area contributed by atoms with E-state index in [1.807, 2.05) is 24.4 Å². The molecule has 0 saturated heterocycles. The first kappa shape index (κ1) is 21.4. The highest BCUT2D eigenvalue weighted by Crippen LogP contribution is 2.09. The summed E-state index contributed by atoms with van der Waals surface area (Å²) in [7, 11) is 1.71. The van der Waals surface area contributed by atoms with Crippen molar-refractivity contribution >= 4 is 0 Å². The number of quaternary nitrogens is 1. The maximum Gasteiger partial charge on any atom is 0.123 e. The van der Waals surface area contributed by atoms with Gasteiger partial charge in [-0.3, -0.25) is 0 Å². The third-order valence-corrected chi connectivity index (χ3v) is 4.70. The lowest BCUT2D eigenvalue weighted by Gasteiger charge is -2.23. The second-order valence-electron chi connectivity index (χ2n) is 7.00. The van der Waals surface area contributed by atoms with Crippen LogP contribution in [0.2, 0.25) is 0 Å². The minimum absolute atomic E-state index is 0.210. The van der Waals surface area contributed by atoms with Crippen LogP contribution in [0.3, 0.4) is 0 Å². The fourth-order valence-corrected chi connectivity index (χ4v) is 3.33. The topological polar surface area (TPSA) is 38.8 Å². The number of hydrogen-bond acceptors (Lipinski definition) is 2. The molecule has 0 bridgehead atoms. The molecule has 0 spiro atoms. The number of methoxy groups -OCH3 is 1. The van der Waals surface area contributed by atoms with Gasteiger partial charge in [0.05, 0.1) is 18.8 Å². The van der Waals surface area contributed by atoms with Gasteiger partial charge in [-0.25, -0.2) is 4.39 Å². The van der Waals surface area contributed by atoms with E-state index in [1.165, 1.54) is 16.7 Å². The third-order valence-electron chi connectivity index (χ3n) is 4.70. The zero-order valence-electron chi connectivity index (χ0n) is 16.2. The molecule has 0 amide bonds. The molecule has 2 N–H and O–H groups in total. The Balaban J connectivity index is 2.02. The first-order valence-electron chi connectivity index (χ1n) is 9.62. The highest BCUT2D eigenvalue weighted by atomic mass is 19.1. The van der Waals surface area contributed by atoms with Crippen LogP contribution in [0.1, 0.15) is 30.5 Å². The normalized spacial score (nSPS) is 13.4. The summed E-state index contributed by atoms with van der Waals surface area (Å²) in [5.41, 5.74) is 2.13. The van der Waals surface area contributed by atoms with E-state index < -0.39 is 0 Å². The first-order valence-corrected chi connectivity index (χ1v) is 9.62. The van der Waals surface area contributed by atoms with Crippen molar-refractivity contribution < 1.29 is 19.1 Å². The van der Waals surface area contributed by atoms with Gasteiger partial charge >= 0.3 is 0 Å². The molecule has 0 aliphatic carbocycles. The van der Waals surface area contributed by atoms with Crippen LogP contribution in [-0.4, -0.2) is 42.6 Å². The Kier molecular flexibility index (Phi) is 9.25. The van der Waals surface area contributed by atoms with Crippen LogP contribution in [-0.2, 0) is 17.8 Å². The summed E-state index contributed by atoms with van der Waals surface area (Å²) >= 11 is 0. The van der Waals surface area contributed by atoms with Crippen molar-refractivity contribution in [2.45, 2.75) is 38.5 Å². The van der Waals surface area contributed by atoms with Crippen molar-refractivity contribution in [3.05, 3.63) is 72.3 Å². The fourth-order valence-electron chi connectivity index (χ4n) is 3.33. The second kappa shape index (κ2) is 11.7. The summed E-state index contributed by atoms with van der Waals surface area (Å²) in [4.78, 5) is 1.32. The number of nitrogens with one attached hydrogen (secondary N) is 1. The van der Waals surface area contributed by atoms with Crippen molar-refractivity contribution in [3.63, 3.8) is 0 Å². The van der Waals surface area contributed by atoms with Gasteiger partial charge in [-0.05, 0) is 42.7 Å². The number of allylic oxidation sites excluding steroid dienone is 1. The molecule has 0 aliphatic heterocycles. The van der Waals surface area contributed by atoms with Crippen LogP contribution in [0.4, 0.5) is 4.39 Å². The van der Waals surface area contributed by atoms with Crippen LogP contribution >= 0.6 is 0 Å². The number of hydrogen-bond donors (Lipinski definition) is 2. The molecule has 0 fully saturated rings. The molecular weight excluding hydrogens is 343 g/mol. The molecule has 0 radical (unpaired) electrons. The predicted octanol–water partition coefficient (Wildman–Crippen LogP) is 2.42. The van der Waals surface area contributed by atoms with E-state index in [1.54, 1.807) is 19.2 Å². The third kappa shape index (κ3) is 7.67. The molecule has 1 heterocycles. The lowest BCUT2D eigenvalue weighted by Crippen LogP contribution is -3.12. The Hall–Kier alpha value is -1.95. The van der Waals surface area contributed by atoms with Gasteiger partial charge in [-0.2, -0.15) is 0 Å². The predicted molar refractivity (Wildman–Crippen MR) is 106 cm³/mol. The van der Waals surface area contributed by atoms with Gasteiger partial charge < -0.3 is 19.3 Å². The minimum atomic E-state index is -0.341. The van der Waals surface area contributed by atoms with Gasteiger partial charge in [0.1, 0.15) is 25.0 Å². The van der Waals surface area contributed by atoms with E-state index in [2.05, 4.69) is 17.2 Å². The molecular formula is C22H32FN2O2+. The summed E-state index contributed by atoms with van der Waals surface area (Å²) in [6.45, 7) is 7.54. The highest BCUT2D eigenvalue weighted by Gasteiger charge is 2.17. The van der Waals surface area contributed by atoms with Gasteiger partial charge in [-0.15, -0.1) is 6.58 Å². The van der Waals surface area contributed by atoms with Crippen molar-refractivity contribution in [3.8, 4) is 0 Å². The van der Waals surface area contributed by atoms with Crippen LogP contribution in [0.15, 0.2) is 55.3 Å². The van der Waals surface area contributed by atoms with Crippen molar-refractivity contribution in [2.75, 3.05) is 26.8 Å². The van der Waals surface area contributed by atoms with E-state index in [0.717, 1.165) is 44.5 Å².